The van der Waals surface area contributed by atoms with E-state index in [1.165, 1.54) is 10.4 Å². The third-order valence-corrected chi connectivity index (χ3v) is 3.86. The van der Waals surface area contributed by atoms with Crippen molar-refractivity contribution in [3.63, 3.8) is 0 Å². The van der Waals surface area contributed by atoms with Gasteiger partial charge in [-0.25, -0.2) is 0 Å². The molecule has 3 aromatic heterocycles. The van der Waals surface area contributed by atoms with Crippen LogP contribution in [-0.4, -0.2) is 42.0 Å². The average Bonchev–Trinajstić information content (AvgIpc) is 3.16. The topological polar surface area (TPSA) is 68.3 Å². The standard InChI is InChI=1S/C16H20N6O/c1-4-12-8-14-9-13(6-7-22(14)10-12)16(23)21(5-2)11-15-17-19-20(3)18-15/h6-10H,4-5,11H2,1-3H3. The maximum atomic E-state index is 12.7. The van der Waals surface area contributed by atoms with Crippen LogP contribution in [0.1, 0.15) is 35.6 Å². The molecule has 0 spiro atoms. The number of aromatic nitrogens is 5. The summed E-state index contributed by atoms with van der Waals surface area (Å²) in [7, 11) is 1.71. The van der Waals surface area contributed by atoms with Crippen LogP contribution >= 0.6 is 0 Å². The molecule has 0 aliphatic rings. The fourth-order valence-corrected chi connectivity index (χ4v) is 2.56. The Morgan fingerprint density at radius 2 is 2.13 bits per heavy atom. The Labute approximate surface area is 134 Å². The van der Waals surface area contributed by atoms with Gasteiger partial charge in [0.25, 0.3) is 5.91 Å². The normalized spacial score (nSPS) is 11.1. The lowest BCUT2D eigenvalue weighted by atomic mass is 10.2. The molecule has 23 heavy (non-hydrogen) atoms. The van der Waals surface area contributed by atoms with Gasteiger partial charge in [0.15, 0.2) is 5.82 Å². The largest absolute Gasteiger partial charge is 0.331 e. The highest BCUT2D eigenvalue weighted by Crippen LogP contribution is 2.15. The first kappa shape index (κ1) is 15.2. The fraction of sp³-hybridized carbons (Fsp3) is 0.375. The first-order valence-corrected chi connectivity index (χ1v) is 7.73. The summed E-state index contributed by atoms with van der Waals surface area (Å²) in [6.45, 7) is 5.01. The van der Waals surface area contributed by atoms with Crippen molar-refractivity contribution in [1.29, 1.82) is 0 Å². The van der Waals surface area contributed by atoms with E-state index in [0.29, 0.717) is 24.5 Å². The van der Waals surface area contributed by atoms with Crippen LogP contribution in [0.15, 0.2) is 30.6 Å². The van der Waals surface area contributed by atoms with Gasteiger partial charge in [-0.1, -0.05) is 6.92 Å². The van der Waals surface area contributed by atoms with E-state index in [9.17, 15) is 4.79 Å². The van der Waals surface area contributed by atoms with Crippen LogP contribution < -0.4 is 0 Å². The Morgan fingerprint density at radius 1 is 1.30 bits per heavy atom. The lowest BCUT2D eigenvalue weighted by Crippen LogP contribution is -2.30. The Bertz CT molecular complexity index is 834. The molecular weight excluding hydrogens is 292 g/mol. The lowest BCUT2D eigenvalue weighted by molar-refractivity contribution is 0.0748. The number of pyridine rings is 1. The molecule has 0 N–H and O–H groups in total. The van der Waals surface area contributed by atoms with Gasteiger partial charge in [0.1, 0.15) is 0 Å². The Hall–Kier alpha value is -2.70. The average molecular weight is 312 g/mol. The van der Waals surface area contributed by atoms with Gasteiger partial charge in [-0.3, -0.25) is 4.79 Å². The van der Waals surface area contributed by atoms with Crippen molar-refractivity contribution in [3.8, 4) is 0 Å². The minimum absolute atomic E-state index is 0.0262. The molecule has 3 aromatic rings. The Morgan fingerprint density at radius 3 is 2.78 bits per heavy atom. The van der Waals surface area contributed by atoms with Gasteiger partial charge < -0.3 is 9.30 Å². The molecule has 0 saturated heterocycles. The summed E-state index contributed by atoms with van der Waals surface area (Å²) >= 11 is 0. The van der Waals surface area contributed by atoms with Gasteiger partial charge in [-0.05, 0) is 42.3 Å². The maximum Gasteiger partial charge on any atom is 0.254 e. The highest BCUT2D eigenvalue weighted by atomic mass is 16.2. The fourth-order valence-electron chi connectivity index (χ4n) is 2.56. The third kappa shape index (κ3) is 3.08. The molecule has 0 aliphatic heterocycles. The molecule has 0 fully saturated rings. The smallest absolute Gasteiger partial charge is 0.254 e. The molecule has 120 valence electrons. The highest BCUT2D eigenvalue weighted by molar-refractivity contribution is 5.95. The zero-order chi connectivity index (χ0) is 16.4. The van der Waals surface area contributed by atoms with E-state index in [1.54, 1.807) is 11.9 Å². The number of carbonyl (C=O) groups is 1. The molecule has 0 aromatic carbocycles. The number of carbonyl (C=O) groups excluding carboxylic acids is 1. The zero-order valence-electron chi connectivity index (χ0n) is 13.6. The molecule has 3 rings (SSSR count). The minimum atomic E-state index is -0.0262. The van der Waals surface area contributed by atoms with Crippen molar-refractivity contribution in [2.75, 3.05) is 6.54 Å². The molecule has 7 nitrogen and oxygen atoms in total. The monoisotopic (exact) mass is 312 g/mol. The lowest BCUT2D eigenvalue weighted by Gasteiger charge is -2.19. The van der Waals surface area contributed by atoms with Crippen LogP contribution in [0.25, 0.3) is 5.52 Å². The van der Waals surface area contributed by atoms with E-state index >= 15 is 0 Å². The van der Waals surface area contributed by atoms with Gasteiger partial charge in [0.2, 0.25) is 0 Å². The quantitative estimate of drug-likeness (QED) is 0.719. The van der Waals surface area contributed by atoms with Crippen molar-refractivity contribution in [2.24, 2.45) is 7.05 Å². The zero-order valence-corrected chi connectivity index (χ0v) is 13.6. The van der Waals surface area contributed by atoms with Crippen molar-refractivity contribution >= 4 is 11.4 Å². The van der Waals surface area contributed by atoms with Crippen LogP contribution in [-0.2, 0) is 20.0 Å². The number of rotatable bonds is 5. The van der Waals surface area contributed by atoms with E-state index in [0.717, 1.165) is 11.9 Å². The van der Waals surface area contributed by atoms with E-state index in [4.69, 9.17) is 0 Å². The number of fused-ring (bicyclic) bond motifs is 1. The summed E-state index contributed by atoms with van der Waals surface area (Å²) in [6.07, 6.45) is 4.99. The van der Waals surface area contributed by atoms with E-state index < -0.39 is 0 Å². The van der Waals surface area contributed by atoms with Gasteiger partial charge in [-0.15, -0.1) is 10.2 Å². The molecule has 0 bridgehead atoms. The summed E-state index contributed by atoms with van der Waals surface area (Å²) < 4.78 is 2.04. The molecule has 1 amide bonds. The van der Waals surface area contributed by atoms with Crippen molar-refractivity contribution in [1.82, 2.24) is 29.5 Å². The van der Waals surface area contributed by atoms with Crippen LogP contribution in [0.4, 0.5) is 0 Å². The van der Waals surface area contributed by atoms with Crippen LogP contribution in [0.5, 0.6) is 0 Å². The summed E-state index contributed by atoms with van der Waals surface area (Å²) in [4.78, 5) is 15.9. The summed E-state index contributed by atoms with van der Waals surface area (Å²) in [6, 6.07) is 5.88. The van der Waals surface area contributed by atoms with Crippen molar-refractivity contribution in [3.05, 3.63) is 47.5 Å². The molecule has 0 atom stereocenters. The third-order valence-electron chi connectivity index (χ3n) is 3.86. The van der Waals surface area contributed by atoms with E-state index in [-0.39, 0.29) is 5.91 Å². The van der Waals surface area contributed by atoms with Crippen LogP contribution in [0.2, 0.25) is 0 Å². The van der Waals surface area contributed by atoms with Crippen LogP contribution in [0, 0.1) is 0 Å². The first-order chi connectivity index (χ1) is 11.1. The minimum Gasteiger partial charge on any atom is -0.331 e. The van der Waals surface area contributed by atoms with Gasteiger partial charge in [-0.2, -0.15) is 4.80 Å². The second-order valence-corrected chi connectivity index (χ2v) is 5.46. The predicted octanol–water partition coefficient (Wildman–Crippen LogP) is 1.69. The number of nitrogens with zero attached hydrogens (tertiary/aromatic N) is 6. The summed E-state index contributed by atoms with van der Waals surface area (Å²) in [5.74, 6) is 0.515. The molecule has 0 aliphatic carbocycles. The number of amides is 1. The second-order valence-electron chi connectivity index (χ2n) is 5.46. The summed E-state index contributed by atoms with van der Waals surface area (Å²) in [5.41, 5.74) is 2.95. The maximum absolute atomic E-state index is 12.7. The molecule has 7 heteroatoms. The first-order valence-electron chi connectivity index (χ1n) is 7.73. The van der Waals surface area contributed by atoms with E-state index in [1.807, 2.05) is 29.7 Å². The van der Waals surface area contributed by atoms with Crippen molar-refractivity contribution < 1.29 is 4.79 Å². The van der Waals surface area contributed by atoms with Crippen molar-refractivity contribution in [2.45, 2.75) is 26.8 Å². The molecule has 0 radical (unpaired) electrons. The molecule has 0 saturated carbocycles. The SMILES string of the molecule is CCc1cc2cc(C(=O)N(CC)Cc3nnn(C)n3)ccn2c1. The predicted molar refractivity (Wildman–Crippen MR) is 86.0 cm³/mol. The highest BCUT2D eigenvalue weighted by Gasteiger charge is 2.17. The number of aryl methyl sites for hydroxylation is 2. The van der Waals surface area contributed by atoms with Gasteiger partial charge in [0.05, 0.1) is 13.6 Å². The molecular formula is C16H20N6O. The number of tetrazole rings is 1. The molecule has 3 heterocycles. The number of hydrogen-bond acceptors (Lipinski definition) is 4. The Kier molecular flexibility index (Phi) is 4.10. The van der Waals surface area contributed by atoms with Gasteiger partial charge >= 0.3 is 0 Å². The van der Waals surface area contributed by atoms with Gasteiger partial charge in [0, 0.05) is 30.0 Å². The summed E-state index contributed by atoms with van der Waals surface area (Å²) in [5, 5.41) is 11.9. The second kappa shape index (κ2) is 6.20. The Balaban J connectivity index is 1.84. The van der Waals surface area contributed by atoms with E-state index in [2.05, 4.69) is 34.6 Å². The van der Waals surface area contributed by atoms with Crippen LogP contribution in [0.3, 0.4) is 0 Å². The molecule has 0 unspecified atom stereocenters. The number of hydrogen-bond donors (Lipinski definition) is 0.